The van der Waals surface area contributed by atoms with Crippen LogP contribution in [0.3, 0.4) is 0 Å². The second-order valence-electron chi connectivity index (χ2n) is 8.83. The van der Waals surface area contributed by atoms with Crippen molar-refractivity contribution in [3.63, 3.8) is 0 Å². The monoisotopic (exact) mass is 542 g/mol. The normalized spacial score (nSPS) is 13.8. The fourth-order valence-electron chi connectivity index (χ4n) is 3.88. The van der Waals surface area contributed by atoms with Crippen LogP contribution in [0.15, 0.2) is 71.8 Å². The molecule has 0 saturated carbocycles. The van der Waals surface area contributed by atoms with Gasteiger partial charge >= 0.3 is 0 Å². The minimum absolute atomic E-state index is 0.0717. The van der Waals surface area contributed by atoms with E-state index in [0.717, 1.165) is 42.9 Å². The first-order chi connectivity index (χ1) is 18.4. The molecule has 0 aliphatic carbocycles. The number of hydrogen-bond donors (Lipinski definition) is 2. The molecule has 9 nitrogen and oxygen atoms in total. The number of hydrogen-bond acceptors (Lipinski definition) is 7. The summed E-state index contributed by atoms with van der Waals surface area (Å²) in [5.41, 5.74) is 2.27. The van der Waals surface area contributed by atoms with Gasteiger partial charge in [0, 0.05) is 31.5 Å². The van der Waals surface area contributed by atoms with Crippen LogP contribution in [0.1, 0.15) is 17.5 Å². The van der Waals surface area contributed by atoms with Gasteiger partial charge in [0.1, 0.15) is 23.1 Å². The van der Waals surface area contributed by atoms with Gasteiger partial charge in [-0.3, -0.25) is 9.52 Å². The average molecular weight is 543 g/mol. The lowest BCUT2D eigenvalue weighted by molar-refractivity contribution is -0.126. The SMILES string of the molecule is O=C(COCc1ccc(F)cc1)NCCCc1ccc(NS(=O)(=O)c2ccc(N3CCOCC3)nc2)cc1. The Morgan fingerprint density at radius 1 is 1.00 bits per heavy atom. The maximum absolute atomic E-state index is 12.9. The van der Waals surface area contributed by atoms with Crippen molar-refractivity contribution < 1.29 is 27.1 Å². The maximum atomic E-state index is 12.9. The lowest BCUT2D eigenvalue weighted by Gasteiger charge is -2.27. The lowest BCUT2D eigenvalue weighted by atomic mass is 10.1. The van der Waals surface area contributed by atoms with Crippen molar-refractivity contribution in [3.8, 4) is 0 Å². The molecule has 0 unspecified atom stereocenters. The summed E-state index contributed by atoms with van der Waals surface area (Å²) < 4.78 is 51.7. The largest absolute Gasteiger partial charge is 0.378 e. The summed E-state index contributed by atoms with van der Waals surface area (Å²) in [7, 11) is -3.76. The van der Waals surface area contributed by atoms with Crippen LogP contribution in [0, 0.1) is 5.82 Å². The van der Waals surface area contributed by atoms with E-state index in [0.29, 0.717) is 25.4 Å². The summed E-state index contributed by atoms with van der Waals surface area (Å²) in [4.78, 5) is 18.4. The molecule has 1 aromatic heterocycles. The minimum atomic E-state index is -3.76. The summed E-state index contributed by atoms with van der Waals surface area (Å²) in [6.07, 6.45) is 2.80. The van der Waals surface area contributed by atoms with Gasteiger partial charge in [0.25, 0.3) is 10.0 Å². The second kappa shape index (κ2) is 13.3. The zero-order valence-corrected chi connectivity index (χ0v) is 21.8. The number of carbonyl (C=O) groups is 1. The number of halogens is 1. The van der Waals surface area contributed by atoms with Gasteiger partial charge in [-0.15, -0.1) is 0 Å². The number of nitrogens with one attached hydrogen (secondary N) is 2. The molecular formula is C27H31FN4O5S. The van der Waals surface area contributed by atoms with E-state index in [1.54, 1.807) is 36.4 Å². The summed E-state index contributed by atoms with van der Waals surface area (Å²) in [5, 5.41) is 2.80. The number of carbonyl (C=O) groups excluding carboxylic acids is 1. The van der Waals surface area contributed by atoms with Gasteiger partial charge in [-0.2, -0.15) is 0 Å². The summed E-state index contributed by atoms with van der Waals surface area (Å²) in [5.74, 6) is 0.195. The fraction of sp³-hybridized carbons (Fsp3) is 0.333. The van der Waals surface area contributed by atoms with E-state index in [2.05, 4.69) is 19.9 Å². The number of sulfonamides is 1. The van der Waals surface area contributed by atoms with Crippen LogP contribution in [-0.4, -0.2) is 58.8 Å². The van der Waals surface area contributed by atoms with Gasteiger partial charge < -0.3 is 19.7 Å². The zero-order valence-electron chi connectivity index (χ0n) is 20.9. The number of anilines is 2. The third-order valence-corrected chi connectivity index (χ3v) is 7.32. The number of aromatic nitrogens is 1. The van der Waals surface area contributed by atoms with Crippen molar-refractivity contribution in [2.45, 2.75) is 24.3 Å². The molecule has 1 saturated heterocycles. The summed E-state index contributed by atoms with van der Waals surface area (Å²) >= 11 is 0. The summed E-state index contributed by atoms with van der Waals surface area (Å²) in [6, 6.07) is 16.3. The van der Waals surface area contributed by atoms with Crippen molar-refractivity contribution >= 4 is 27.4 Å². The van der Waals surface area contributed by atoms with Crippen LogP contribution >= 0.6 is 0 Å². The third-order valence-electron chi connectivity index (χ3n) is 5.95. The van der Waals surface area contributed by atoms with Gasteiger partial charge in [-0.25, -0.2) is 17.8 Å². The van der Waals surface area contributed by atoms with Crippen LogP contribution in [0.4, 0.5) is 15.9 Å². The average Bonchev–Trinajstić information content (AvgIpc) is 2.93. The molecule has 1 aliphatic heterocycles. The quantitative estimate of drug-likeness (QED) is 0.339. The van der Waals surface area contributed by atoms with Crippen molar-refractivity contribution in [1.29, 1.82) is 0 Å². The van der Waals surface area contributed by atoms with Gasteiger partial charge in [0.2, 0.25) is 5.91 Å². The predicted molar refractivity (Wildman–Crippen MR) is 142 cm³/mol. The lowest BCUT2D eigenvalue weighted by Crippen LogP contribution is -2.36. The molecule has 11 heteroatoms. The highest BCUT2D eigenvalue weighted by atomic mass is 32.2. The Morgan fingerprint density at radius 3 is 2.39 bits per heavy atom. The van der Waals surface area contributed by atoms with E-state index < -0.39 is 10.0 Å². The number of amides is 1. The molecule has 1 amide bonds. The smallest absolute Gasteiger partial charge is 0.263 e. The molecule has 2 aromatic carbocycles. The molecule has 4 rings (SSSR count). The molecule has 3 aromatic rings. The molecule has 0 spiro atoms. The van der Waals surface area contributed by atoms with Crippen molar-refractivity contribution in [2.75, 3.05) is 49.1 Å². The van der Waals surface area contributed by atoms with Gasteiger partial charge in [0.15, 0.2) is 0 Å². The summed E-state index contributed by atoms with van der Waals surface area (Å²) in [6.45, 7) is 3.36. The van der Waals surface area contributed by atoms with Gasteiger partial charge in [-0.05, 0) is 60.4 Å². The molecule has 202 valence electrons. The Bertz CT molecular complexity index is 1280. The highest BCUT2D eigenvalue weighted by Gasteiger charge is 2.17. The highest BCUT2D eigenvalue weighted by molar-refractivity contribution is 7.92. The van der Waals surface area contributed by atoms with Crippen molar-refractivity contribution in [1.82, 2.24) is 10.3 Å². The van der Waals surface area contributed by atoms with E-state index in [-0.39, 0.29) is 29.8 Å². The first-order valence-electron chi connectivity index (χ1n) is 12.4. The number of benzene rings is 2. The topological polar surface area (TPSA) is 110 Å². The van der Waals surface area contributed by atoms with Crippen LogP contribution in [0.5, 0.6) is 0 Å². The Hall–Kier alpha value is -3.54. The Labute approximate surface area is 222 Å². The Kier molecular flexibility index (Phi) is 9.63. The van der Waals surface area contributed by atoms with Crippen LogP contribution in [0.25, 0.3) is 0 Å². The van der Waals surface area contributed by atoms with E-state index >= 15 is 0 Å². The zero-order chi connectivity index (χ0) is 26.8. The maximum Gasteiger partial charge on any atom is 0.263 e. The second-order valence-corrected chi connectivity index (χ2v) is 10.5. The van der Waals surface area contributed by atoms with Crippen molar-refractivity contribution in [3.05, 3.63) is 83.8 Å². The molecule has 2 N–H and O–H groups in total. The number of morpholine rings is 1. The highest BCUT2D eigenvalue weighted by Crippen LogP contribution is 2.19. The van der Waals surface area contributed by atoms with E-state index in [1.165, 1.54) is 18.3 Å². The molecule has 0 atom stereocenters. The van der Waals surface area contributed by atoms with E-state index in [9.17, 15) is 17.6 Å². The van der Waals surface area contributed by atoms with Crippen LogP contribution in [0.2, 0.25) is 0 Å². The number of ether oxygens (including phenoxy) is 2. The molecule has 2 heterocycles. The first-order valence-corrected chi connectivity index (χ1v) is 13.9. The van der Waals surface area contributed by atoms with Crippen LogP contribution < -0.4 is 14.9 Å². The van der Waals surface area contributed by atoms with Crippen LogP contribution in [-0.2, 0) is 37.3 Å². The molecule has 0 radical (unpaired) electrons. The third kappa shape index (κ3) is 8.23. The molecule has 1 aliphatic rings. The van der Waals surface area contributed by atoms with E-state index in [1.807, 2.05) is 12.1 Å². The number of aryl methyl sites for hydroxylation is 1. The Balaban J connectivity index is 1.16. The number of pyridine rings is 1. The van der Waals surface area contributed by atoms with Gasteiger partial charge in [-0.1, -0.05) is 24.3 Å². The molecule has 38 heavy (non-hydrogen) atoms. The van der Waals surface area contributed by atoms with Gasteiger partial charge in [0.05, 0.1) is 19.8 Å². The van der Waals surface area contributed by atoms with E-state index in [4.69, 9.17) is 9.47 Å². The fourth-order valence-corrected chi connectivity index (χ4v) is 4.88. The number of nitrogens with zero attached hydrogens (tertiary/aromatic N) is 2. The number of rotatable bonds is 12. The standard InChI is InChI=1S/C27H31FN4O5S/c28-23-7-3-22(4-8-23)19-37-20-27(33)29-13-1-2-21-5-9-24(10-6-21)31-38(34,35)25-11-12-26(30-18-25)32-14-16-36-17-15-32/h3-12,18,31H,1-2,13-17,19-20H2,(H,29,33). The molecular weight excluding hydrogens is 511 g/mol. The Morgan fingerprint density at radius 2 is 1.71 bits per heavy atom. The molecule has 1 fully saturated rings. The predicted octanol–water partition coefficient (Wildman–Crippen LogP) is 3.12. The molecule has 0 bridgehead atoms. The van der Waals surface area contributed by atoms with Crippen molar-refractivity contribution in [2.24, 2.45) is 0 Å². The first kappa shape index (κ1) is 27.5. The minimum Gasteiger partial charge on any atom is -0.378 e.